The molecule has 1 aromatic carbocycles. The van der Waals surface area contributed by atoms with Crippen molar-refractivity contribution in [2.24, 2.45) is 0 Å². The average Bonchev–Trinajstić information content (AvgIpc) is 2.82. The van der Waals surface area contributed by atoms with Gasteiger partial charge in [0.2, 0.25) is 0 Å². The monoisotopic (exact) mass is 270 g/mol. The van der Waals surface area contributed by atoms with Crippen LogP contribution in [0.4, 0.5) is 11.4 Å². The normalized spacial score (nSPS) is 13.3. The number of anilines is 2. The third kappa shape index (κ3) is 2.53. The first-order chi connectivity index (χ1) is 8.58. The van der Waals surface area contributed by atoms with Gasteiger partial charge in [-0.15, -0.1) is 0 Å². The van der Waals surface area contributed by atoms with E-state index in [1.54, 1.807) is 12.1 Å². The number of nitrogens with one attached hydrogen (secondary N) is 1. The van der Waals surface area contributed by atoms with Gasteiger partial charge in [-0.2, -0.15) is 5.06 Å². The molecule has 1 aliphatic rings. The molecule has 0 unspecified atom stereocenters. The molecule has 0 aromatic heterocycles. The van der Waals surface area contributed by atoms with Crippen LogP contribution in [0.2, 0.25) is 5.02 Å². The number of nitrogens with zero attached hydrogens (tertiary/aromatic N) is 1. The first-order valence-electron chi connectivity index (χ1n) is 4.71. The molecule has 2 rings (SSSR count). The van der Waals surface area contributed by atoms with E-state index in [4.69, 9.17) is 21.7 Å². The topological polar surface area (TPSA) is 88.1 Å². The Balaban J connectivity index is 2.31. The second-order valence-corrected chi connectivity index (χ2v) is 3.64. The van der Waals surface area contributed by atoms with E-state index in [9.17, 15) is 9.59 Å². The van der Waals surface area contributed by atoms with Gasteiger partial charge in [0.05, 0.1) is 17.6 Å². The van der Waals surface area contributed by atoms with E-state index < -0.39 is 11.9 Å². The maximum Gasteiger partial charge on any atom is 0.394 e. The van der Waals surface area contributed by atoms with Crippen LogP contribution in [0.25, 0.3) is 0 Å². The minimum Gasteiger partial charge on any atom is -0.474 e. The highest BCUT2D eigenvalue weighted by Gasteiger charge is 2.19. The zero-order valence-corrected chi connectivity index (χ0v) is 9.55. The SMILES string of the molecule is O=C(O)C(=O)Nc1cc(Cl)ccc1N1C=COO1. The van der Waals surface area contributed by atoms with Gasteiger partial charge in [0, 0.05) is 5.02 Å². The van der Waals surface area contributed by atoms with Gasteiger partial charge in [0.1, 0.15) is 0 Å². The number of carbonyl (C=O) groups is 2. The fourth-order valence-electron chi connectivity index (χ4n) is 1.27. The summed E-state index contributed by atoms with van der Waals surface area (Å²) in [5.41, 5.74) is 0.563. The summed E-state index contributed by atoms with van der Waals surface area (Å²) in [5, 5.41) is 12.3. The third-order valence-corrected chi connectivity index (χ3v) is 2.25. The van der Waals surface area contributed by atoms with Crippen molar-refractivity contribution in [1.82, 2.24) is 0 Å². The second-order valence-electron chi connectivity index (χ2n) is 3.20. The number of amides is 1. The highest BCUT2D eigenvalue weighted by Crippen LogP contribution is 2.31. The Morgan fingerprint density at radius 1 is 1.39 bits per heavy atom. The van der Waals surface area contributed by atoms with Gasteiger partial charge >= 0.3 is 11.9 Å². The summed E-state index contributed by atoms with van der Waals surface area (Å²) in [4.78, 5) is 30.9. The number of hydrogen-bond donors (Lipinski definition) is 2. The van der Waals surface area contributed by atoms with Gasteiger partial charge in [-0.1, -0.05) is 16.6 Å². The maximum absolute atomic E-state index is 11.1. The Hall–Kier alpha value is -2.25. The molecule has 1 aliphatic heterocycles. The lowest BCUT2D eigenvalue weighted by Gasteiger charge is -2.16. The summed E-state index contributed by atoms with van der Waals surface area (Å²) >= 11 is 5.78. The van der Waals surface area contributed by atoms with Crippen molar-refractivity contribution in [3.8, 4) is 0 Å². The molecule has 0 atom stereocenters. The number of hydrogen-bond acceptors (Lipinski definition) is 5. The fourth-order valence-corrected chi connectivity index (χ4v) is 1.45. The smallest absolute Gasteiger partial charge is 0.394 e. The van der Waals surface area contributed by atoms with Crippen LogP contribution in [-0.4, -0.2) is 17.0 Å². The van der Waals surface area contributed by atoms with Crippen LogP contribution in [0.1, 0.15) is 0 Å². The molecule has 7 nitrogen and oxygen atoms in total. The second kappa shape index (κ2) is 4.94. The Morgan fingerprint density at radius 2 is 2.17 bits per heavy atom. The molecule has 8 heteroatoms. The summed E-state index contributed by atoms with van der Waals surface area (Å²) in [6.07, 6.45) is 2.72. The number of halogens is 1. The Morgan fingerprint density at radius 3 is 2.78 bits per heavy atom. The predicted octanol–water partition coefficient (Wildman–Crippen LogP) is 1.52. The fraction of sp³-hybridized carbons (Fsp3) is 0. The molecule has 0 saturated heterocycles. The summed E-state index contributed by atoms with van der Waals surface area (Å²) < 4.78 is 0. The molecule has 2 N–H and O–H groups in total. The van der Waals surface area contributed by atoms with E-state index in [2.05, 4.69) is 10.2 Å². The van der Waals surface area contributed by atoms with Crippen LogP contribution in [0.5, 0.6) is 0 Å². The van der Waals surface area contributed by atoms with Crippen LogP contribution in [0.15, 0.2) is 30.7 Å². The Kier molecular flexibility index (Phi) is 3.35. The molecule has 0 bridgehead atoms. The average molecular weight is 271 g/mol. The van der Waals surface area contributed by atoms with E-state index >= 15 is 0 Å². The standard InChI is InChI=1S/C10H7ClN2O5/c11-6-1-2-8(13-3-4-17-18-13)7(5-6)12-9(14)10(15)16/h1-5H,(H,12,14)(H,15,16). The zero-order chi connectivity index (χ0) is 13.1. The van der Waals surface area contributed by atoms with Crippen molar-refractivity contribution in [3.05, 3.63) is 35.7 Å². The molecule has 0 saturated carbocycles. The molecule has 18 heavy (non-hydrogen) atoms. The maximum atomic E-state index is 11.1. The highest BCUT2D eigenvalue weighted by molar-refractivity contribution is 6.37. The van der Waals surface area contributed by atoms with Gasteiger partial charge in [0.25, 0.3) is 0 Å². The molecule has 1 heterocycles. The van der Waals surface area contributed by atoms with Gasteiger partial charge in [0.15, 0.2) is 6.26 Å². The van der Waals surface area contributed by atoms with Gasteiger partial charge in [-0.25, -0.2) is 4.79 Å². The zero-order valence-electron chi connectivity index (χ0n) is 8.79. The van der Waals surface area contributed by atoms with Crippen LogP contribution < -0.4 is 10.4 Å². The first-order valence-corrected chi connectivity index (χ1v) is 5.09. The summed E-state index contributed by atoms with van der Waals surface area (Å²) in [6, 6.07) is 4.49. The van der Waals surface area contributed by atoms with Crippen molar-refractivity contribution in [3.63, 3.8) is 0 Å². The molecule has 0 aliphatic carbocycles. The quantitative estimate of drug-likeness (QED) is 0.626. The van der Waals surface area contributed by atoms with Crippen molar-refractivity contribution < 1.29 is 24.6 Å². The van der Waals surface area contributed by atoms with E-state index in [-0.39, 0.29) is 5.69 Å². The number of carbonyl (C=O) groups excluding carboxylic acids is 1. The molecule has 0 fully saturated rings. The lowest BCUT2D eigenvalue weighted by Crippen LogP contribution is -2.23. The molecular weight excluding hydrogens is 264 g/mol. The third-order valence-electron chi connectivity index (χ3n) is 2.01. The van der Waals surface area contributed by atoms with Crippen LogP contribution in [0, 0.1) is 0 Å². The van der Waals surface area contributed by atoms with Crippen molar-refractivity contribution in [2.45, 2.75) is 0 Å². The van der Waals surface area contributed by atoms with Crippen molar-refractivity contribution >= 4 is 34.9 Å². The highest BCUT2D eigenvalue weighted by atomic mass is 35.5. The van der Waals surface area contributed by atoms with E-state index in [1.165, 1.54) is 23.6 Å². The molecule has 0 spiro atoms. The van der Waals surface area contributed by atoms with Gasteiger partial charge in [-0.3, -0.25) is 4.79 Å². The minimum absolute atomic E-state index is 0.185. The number of rotatable bonds is 2. The predicted molar refractivity (Wildman–Crippen MR) is 61.5 cm³/mol. The summed E-state index contributed by atoms with van der Waals surface area (Å²) in [6.45, 7) is 0. The van der Waals surface area contributed by atoms with Crippen molar-refractivity contribution in [2.75, 3.05) is 10.4 Å². The van der Waals surface area contributed by atoms with E-state index in [0.29, 0.717) is 10.7 Å². The molecule has 94 valence electrons. The largest absolute Gasteiger partial charge is 0.474 e. The van der Waals surface area contributed by atoms with Crippen LogP contribution >= 0.6 is 11.6 Å². The lowest BCUT2D eigenvalue weighted by atomic mass is 10.2. The van der Waals surface area contributed by atoms with Gasteiger partial charge < -0.3 is 15.3 Å². The van der Waals surface area contributed by atoms with Gasteiger partial charge in [-0.05, 0) is 18.2 Å². The number of carboxylic acid groups (broad SMARTS) is 1. The number of hydroxylamine groups is 1. The Bertz CT molecular complexity index is 531. The molecule has 0 radical (unpaired) electrons. The molecule has 1 aromatic rings. The number of benzene rings is 1. The molecular formula is C10H7ClN2O5. The summed E-state index contributed by atoms with van der Waals surface area (Å²) in [7, 11) is 0. The van der Waals surface area contributed by atoms with Crippen molar-refractivity contribution in [1.29, 1.82) is 0 Å². The van der Waals surface area contributed by atoms with Crippen LogP contribution in [0.3, 0.4) is 0 Å². The lowest BCUT2D eigenvalue weighted by molar-refractivity contribution is -0.233. The first kappa shape index (κ1) is 12.2. The van der Waals surface area contributed by atoms with E-state index in [1.807, 2.05) is 0 Å². The number of carboxylic acids is 1. The minimum atomic E-state index is -1.60. The van der Waals surface area contributed by atoms with Crippen LogP contribution in [-0.2, 0) is 19.5 Å². The summed E-state index contributed by atoms with van der Waals surface area (Å²) in [5.74, 6) is -2.78. The number of aliphatic carboxylic acids is 1. The van der Waals surface area contributed by atoms with E-state index in [0.717, 1.165) is 0 Å². The Labute approximate surface area is 106 Å². The molecule has 1 amide bonds.